The maximum absolute atomic E-state index is 6.16. The van der Waals surface area contributed by atoms with Crippen LogP contribution in [0.25, 0.3) is 0 Å². The van der Waals surface area contributed by atoms with Gasteiger partial charge >= 0.3 is 0 Å². The Morgan fingerprint density at radius 2 is 1.56 bits per heavy atom. The predicted molar refractivity (Wildman–Crippen MR) is 113 cm³/mol. The number of hydrogen-bond acceptors (Lipinski definition) is 3. The zero-order valence-electron chi connectivity index (χ0n) is 17.0. The summed E-state index contributed by atoms with van der Waals surface area (Å²) in [5.41, 5.74) is 2.32. The second kappa shape index (κ2) is 13.2. The van der Waals surface area contributed by atoms with E-state index in [-0.39, 0.29) is 0 Å². The molecule has 0 radical (unpaired) electrons. The smallest absolute Gasteiger partial charge is 0.166 e. The van der Waals surface area contributed by atoms with Crippen LogP contribution in [0.4, 0.5) is 0 Å². The Morgan fingerprint density at radius 1 is 0.778 bits per heavy atom. The van der Waals surface area contributed by atoms with Gasteiger partial charge in [0.05, 0.1) is 6.61 Å². The molecule has 0 saturated heterocycles. The number of nitrogens with one attached hydrogen (secondary N) is 1. The van der Waals surface area contributed by atoms with Gasteiger partial charge in [-0.2, -0.15) is 0 Å². The maximum atomic E-state index is 6.16. The summed E-state index contributed by atoms with van der Waals surface area (Å²) in [6.07, 6.45) is 7.92. The predicted octanol–water partition coefficient (Wildman–Crippen LogP) is 6.11. The molecule has 0 amide bonds. The number of para-hydroxylation sites is 1. The summed E-state index contributed by atoms with van der Waals surface area (Å²) in [5.74, 6) is 1.69. The Kier molecular flexibility index (Phi) is 10.4. The lowest BCUT2D eigenvalue weighted by atomic mass is 10.1. The summed E-state index contributed by atoms with van der Waals surface area (Å²) in [5, 5.41) is 3.56. The van der Waals surface area contributed by atoms with Crippen molar-refractivity contribution >= 4 is 0 Å². The molecule has 3 nitrogen and oxygen atoms in total. The van der Waals surface area contributed by atoms with E-state index in [1.54, 1.807) is 0 Å². The summed E-state index contributed by atoms with van der Waals surface area (Å²) in [6.45, 7) is 7.30. The minimum absolute atomic E-state index is 0.551. The number of hydrogen-bond donors (Lipinski definition) is 1. The first-order valence-corrected chi connectivity index (χ1v) is 10.5. The lowest BCUT2D eigenvalue weighted by Crippen LogP contribution is -2.16. The molecule has 2 aromatic rings. The second-order valence-electron chi connectivity index (χ2n) is 6.90. The van der Waals surface area contributed by atoms with Gasteiger partial charge in [0.1, 0.15) is 6.61 Å². The van der Waals surface area contributed by atoms with E-state index in [4.69, 9.17) is 9.47 Å². The Bertz CT molecular complexity index is 628. The number of rotatable bonds is 14. The SMILES string of the molecule is CCCCCCCCNCc1cccc(OCC)c1OCc1ccccc1. The molecule has 0 aromatic heterocycles. The fraction of sp³-hybridized carbons (Fsp3) is 0.500. The van der Waals surface area contributed by atoms with E-state index in [2.05, 4.69) is 30.4 Å². The zero-order valence-corrected chi connectivity index (χ0v) is 17.0. The summed E-state index contributed by atoms with van der Waals surface area (Å²) in [4.78, 5) is 0. The fourth-order valence-electron chi connectivity index (χ4n) is 3.12. The van der Waals surface area contributed by atoms with E-state index in [9.17, 15) is 0 Å². The minimum atomic E-state index is 0.551. The molecule has 0 aliphatic rings. The van der Waals surface area contributed by atoms with Gasteiger partial charge in [0.2, 0.25) is 0 Å². The Labute approximate surface area is 165 Å². The van der Waals surface area contributed by atoms with Crippen molar-refractivity contribution < 1.29 is 9.47 Å². The van der Waals surface area contributed by atoms with Gasteiger partial charge < -0.3 is 14.8 Å². The van der Waals surface area contributed by atoms with E-state index in [1.807, 2.05) is 37.3 Å². The van der Waals surface area contributed by atoms with Crippen LogP contribution < -0.4 is 14.8 Å². The first-order valence-electron chi connectivity index (χ1n) is 10.5. The van der Waals surface area contributed by atoms with Crippen LogP contribution in [0, 0.1) is 0 Å². The molecule has 0 bridgehead atoms. The van der Waals surface area contributed by atoms with Crippen molar-refractivity contribution in [3.05, 3.63) is 59.7 Å². The molecule has 0 saturated carbocycles. The molecule has 3 heteroatoms. The molecule has 148 valence electrons. The molecule has 0 fully saturated rings. The van der Waals surface area contributed by atoms with Gasteiger partial charge in [-0.25, -0.2) is 0 Å². The lowest BCUT2D eigenvalue weighted by molar-refractivity contribution is 0.266. The summed E-state index contributed by atoms with van der Waals surface area (Å²) >= 11 is 0. The van der Waals surface area contributed by atoms with Gasteiger partial charge in [-0.15, -0.1) is 0 Å². The third-order valence-electron chi connectivity index (χ3n) is 4.61. The van der Waals surface area contributed by atoms with Crippen molar-refractivity contribution in [3.8, 4) is 11.5 Å². The highest BCUT2D eigenvalue weighted by Gasteiger charge is 2.11. The van der Waals surface area contributed by atoms with Crippen LogP contribution in [0.2, 0.25) is 0 Å². The van der Waals surface area contributed by atoms with Crippen LogP contribution in [0.5, 0.6) is 11.5 Å². The Morgan fingerprint density at radius 3 is 2.33 bits per heavy atom. The highest BCUT2D eigenvalue weighted by atomic mass is 16.5. The third kappa shape index (κ3) is 8.04. The molecule has 2 rings (SSSR count). The zero-order chi connectivity index (χ0) is 19.2. The average Bonchev–Trinajstić information content (AvgIpc) is 2.70. The van der Waals surface area contributed by atoms with Gasteiger partial charge in [0.15, 0.2) is 11.5 Å². The van der Waals surface area contributed by atoms with Crippen molar-refractivity contribution in [2.75, 3.05) is 13.2 Å². The van der Waals surface area contributed by atoms with Crippen LogP contribution >= 0.6 is 0 Å². The van der Waals surface area contributed by atoms with E-state index in [0.29, 0.717) is 13.2 Å². The normalized spacial score (nSPS) is 10.7. The molecular formula is C24H35NO2. The molecule has 0 unspecified atom stereocenters. The van der Waals surface area contributed by atoms with Gasteiger partial charge in [-0.05, 0) is 31.5 Å². The molecular weight excluding hydrogens is 334 g/mol. The fourth-order valence-corrected chi connectivity index (χ4v) is 3.12. The van der Waals surface area contributed by atoms with Crippen molar-refractivity contribution in [1.29, 1.82) is 0 Å². The highest BCUT2D eigenvalue weighted by Crippen LogP contribution is 2.32. The van der Waals surface area contributed by atoms with Gasteiger partial charge in [-0.1, -0.05) is 81.5 Å². The third-order valence-corrected chi connectivity index (χ3v) is 4.61. The van der Waals surface area contributed by atoms with Crippen molar-refractivity contribution in [2.24, 2.45) is 0 Å². The van der Waals surface area contributed by atoms with E-state index in [0.717, 1.165) is 35.7 Å². The molecule has 0 aliphatic heterocycles. The van der Waals surface area contributed by atoms with Crippen molar-refractivity contribution in [3.63, 3.8) is 0 Å². The number of unbranched alkanes of at least 4 members (excludes halogenated alkanes) is 5. The lowest BCUT2D eigenvalue weighted by Gasteiger charge is -2.16. The van der Waals surface area contributed by atoms with Crippen molar-refractivity contribution in [2.45, 2.75) is 65.5 Å². The molecule has 27 heavy (non-hydrogen) atoms. The molecule has 0 atom stereocenters. The minimum Gasteiger partial charge on any atom is -0.490 e. The first kappa shape index (κ1) is 21.3. The second-order valence-corrected chi connectivity index (χ2v) is 6.90. The van der Waals surface area contributed by atoms with Gasteiger partial charge in [0.25, 0.3) is 0 Å². The monoisotopic (exact) mass is 369 g/mol. The van der Waals surface area contributed by atoms with Crippen molar-refractivity contribution in [1.82, 2.24) is 5.32 Å². The molecule has 0 aliphatic carbocycles. The summed E-state index contributed by atoms with van der Waals surface area (Å²) in [6, 6.07) is 16.4. The topological polar surface area (TPSA) is 30.5 Å². The molecule has 0 spiro atoms. The van der Waals surface area contributed by atoms with Gasteiger partial charge in [-0.3, -0.25) is 0 Å². The summed E-state index contributed by atoms with van der Waals surface area (Å²) < 4.78 is 12.0. The quantitative estimate of drug-likeness (QED) is 0.407. The van der Waals surface area contributed by atoms with E-state index >= 15 is 0 Å². The van der Waals surface area contributed by atoms with Crippen LogP contribution in [-0.2, 0) is 13.2 Å². The highest BCUT2D eigenvalue weighted by molar-refractivity contribution is 5.46. The maximum Gasteiger partial charge on any atom is 0.166 e. The van der Waals surface area contributed by atoms with Gasteiger partial charge in [0, 0.05) is 12.1 Å². The summed E-state index contributed by atoms with van der Waals surface area (Å²) in [7, 11) is 0. The van der Waals surface area contributed by atoms with Crippen LogP contribution in [0.3, 0.4) is 0 Å². The van der Waals surface area contributed by atoms with Crippen LogP contribution in [-0.4, -0.2) is 13.2 Å². The van der Waals surface area contributed by atoms with Crippen LogP contribution in [0.15, 0.2) is 48.5 Å². The molecule has 0 heterocycles. The molecule has 1 N–H and O–H groups in total. The van der Waals surface area contributed by atoms with Crippen LogP contribution in [0.1, 0.15) is 63.5 Å². The van der Waals surface area contributed by atoms with E-state index < -0.39 is 0 Å². The Hall–Kier alpha value is -2.00. The number of ether oxygens (including phenoxy) is 2. The first-order chi connectivity index (χ1) is 13.3. The van der Waals surface area contributed by atoms with E-state index in [1.165, 1.54) is 38.5 Å². The standard InChI is InChI=1S/C24H35NO2/c1-3-5-6-7-8-12-18-25-19-22-16-13-17-23(26-4-2)24(22)27-20-21-14-10-9-11-15-21/h9-11,13-17,25H,3-8,12,18-20H2,1-2H3. The number of benzene rings is 2. The average molecular weight is 370 g/mol. The largest absolute Gasteiger partial charge is 0.490 e. The Balaban J connectivity index is 1.87. The molecule has 2 aromatic carbocycles.